The standard InChI is InChI=1S/C16H16BrClFNO/c1-20-16(8-10-3-6-15(19)14(18)7-10)12-9-11(21-2)4-5-13(12)17/h3-7,9,16,20H,8H2,1-2H3. The van der Waals surface area contributed by atoms with Crippen LogP contribution >= 0.6 is 27.5 Å². The molecule has 5 heteroatoms. The van der Waals surface area contributed by atoms with E-state index in [-0.39, 0.29) is 11.1 Å². The van der Waals surface area contributed by atoms with Crippen LogP contribution in [-0.4, -0.2) is 14.2 Å². The molecule has 0 aliphatic heterocycles. The molecule has 0 aromatic heterocycles. The van der Waals surface area contributed by atoms with Gasteiger partial charge in [-0.15, -0.1) is 0 Å². The highest BCUT2D eigenvalue weighted by Gasteiger charge is 2.15. The van der Waals surface area contributed by atoms with E-state index in [0.29, 0.717) is 6.42 Å². The number of benzene rings is 2. The quantitative estimate of drug-likeness (QED) is 0.817. The second kappa shape index (κ2) is 7.25. The van der Waals surface area contributed by atoms with Crippen molar-refractivity contribution in [2.24, 2.45) is 0 Å². The molecule has 1 N–H and O–H groups in total. The number of rotatable bonds is 5. The Bertz CT molecular complexity index is 636. The first kappa shape index (κ1) is 16.3. The second-order valence-electron chi connectivity index (χ2n) is 4.68. The van der Waals surface area contributed by atoms with Crippen LogP contribution < -0.4 is 10.1 Å². The highest BCUT2D eigenvalue weighted by molar-refractivity contribution is 9.10. The maximum atomic E-state index is 13.2. The van der Waals surface area contributed by atoms with Crippen molar-refractivity contribution < 1.29 is 9.13 Å². The number of likely N-dealkylation sites (N-methyl/N-ethyl adjacent to an activating group) is 1. The first-order valence-corrected chi connectivity index (χ1v) is 7.67. The van der Waals surface area contributed by atoms with Gasteiger partial charge in [0.05, 0.1) is 12.1 Å². The number of methoxy groups -OCH3 is 1. The van der Waals surface area contributed by atoms with Crippen molar-refractivity contribution in [3.63, 3.8) is 0 Å². The van der Waals surface area contributed by atoms with Crippen LogP contribution in [0.15, 0.2) is 40.9 Å². The molecular formula is C16H16BrClFNO. The first-order valence-electron chi connectivity index (χ1n) is 6.49. The van der Waals surface area contributed by atoms with Gasteiger partial charge in [0.25, 0.3) is 0 Å². The average molecular weight is 373 g/mol. The van der Waals surface area contributed by atoms with Crippen LogP contribution in [0.2, 0.25) is 5.02 Å². The molecule has 0 amide bonds. The van der Waals surface area contributed by atoms with Crippen molar-refractivity contribution >= 4 is 27.5 Å². The topological polar surface area (TPSA) is 21.3 Å². The summed E-state index contributed by atoms with van der Waals surface area (Å²) >= 11 is 9.40. The SMILES string of the molecule is CNC(Cc1ccc(F)c(Cl)c1)c1cc(OC)ccc1Br. The summed E-state index contributed by atoms with van der Waals surface area (Å²) in [5.74, 6) is 0.398. The van der Waals surface area contributed by atoms with Crippen molar-refractivity contribution in [3.8, 4) is 5.75 Å². The van der Waals surface area contributed by atoms with Crippen LogP contribution in [0.1, 0.15) is 17.2 Å². The number of hydrogen-bond acceptors (Lipinski definition) is 2. The minimum Gasteiger partial charge on any atom is -0.497 e. The summed E-state index contributed by atoms with van der Waals surface area (Å²) < 4.78 is 19.5. The second-order valence-corrected chi connectivity index (χ2v) is 5.94. The van der Waals surface area contributed by atoms with Gasteiger partial charge in [-0.2, -0.15) is 0 Å². The highest BCUT2D eigenvalue weighted by atomic mass is 79.9. The Labute approximate surface area is 137 Å². The lowest BCUT2D eigenvalue weighted by Gasteiger charge is -2.19. The third-order valence-corrected chi connectivity index (χ3v) is 4.36. The van der Waals surface area contributed by atoms with Gasteiger partial charge in [0.15, 0.2) is 0 Å². The number of ether oxygens (including phenoxy) is 1. The van der Waals surface area contributed by atoms with E-state index in [2.05, 4.69) is 21.2 Å². The zero-order valence-corrected chi connectivity index (χ0v) is 14.1. The Morgan fingerprint density at radius 2 is 2.05 bits per heavy atom. The minimum absolute atomic E-state index is 0.0657. The zero-order valence-electron chi connectivity index (χ0n) is 11.8. The molecule has 0 saturated heterocycles. The van der Waals surface area contributed by atoms with Gasteiger partial charge in [-0.1, -0.05) is 33.6 Å². The molecule has 112 valence electrons. The van der Waals surface area contributed by atoms with Crippen LogP contribution in [0.5, 0.6) is 5.75 Å². The highest BCUT2D eigenvalue weighted by Crippen LogP contribution is 2.30. The molecule has 2 rings (SSSR count). The van der Waals surface area contributed by atoms with Crippen LogP contribution in [0.3, 0.4) is 0 Å². The molecule has 2 aromatic carbocycles. The third-order valence-electron chi connectivity index (χ3n) is 3.35. The normalized spacial score (nSPS) is 12.2. The molecule has 0 radical (unpaired) electrons. The van der Waals surface area contributed by atoms with Crippen molar-refractivity contribution in [1.29, 1.82) is 0 Å². The molecule has 2 nitrogen and oxygen atoms in total. The van der Waals surface area contributed by atoms with Gasteiger partial charge < -0.3 is 10.1 Å². The van der Waals surface area contributed by atoms with Crippen molar-refractivity contribution in [3.05, 3.63) is 62.8 Å². The zero-order chi connectivity index (χ0) is 15.4. The summed E-state index contributed by atoms with van der Waals surface area (Å²) in [7, 11) is 3.53. The predicted molar refractivity (Wildman–Crippen MR) is 87.6 cm³/mol. The summed E-state index contributed by atoms with van der Waals surface area (Å²) in [6, 6.07) is 10.7. The Morgan fingerprint density at radius 1 is 1.29 bits per heavy atom. The van der Waals surface area contributed by atoms with Gasteiger partial charge >= 0.3 is 0 Å². The van der Waals surface area contributed by atoms with E-state index < -0.39 is 5.82 Å². The van der Waals surface area contributed by atoms with Gasteiger partial charge in [0.1, 0.15) is 11.6 Å². The maximum Gasteiger partial charge on any atom is 0.141 e. The summed E-state index contributed by atoms with van der Waals surface area (Å²) in [5.41, 5.74) is 2.05. The fourth-order valence-electron chi connectivity index (χ4n) is 2.19. The van der Waals surface area contributed by atoms with E-state index in [0.717, 1.165) is 21.3 Å². The lowest BCUT2D eigenvalue weighted by Crippen LogP contribution is -2.19. The predicted octanol–water partition coefficient (Wildman–Crippen LogP) is 4.75. The molecular weight excluding hydrogens is 357 g/mol. The molecule has 21 heavy (non-hydrogen) atoms. The molecule has 0 fully saturated rings. The van der Waals surface area contributed by atoms with Gasteiger partial charge in [0.2, 0.25) is 0 Å². The first-order chi connectivity index (χ1) is 10.0. The molecule has 0 spiro atoms. The maximum absolute atomic E-state index is 13.2. The molecule has 0 saturated carbocycles. The van der Waals surface area contributed by atoms with E-state index in [1.165, 1.54) is 6.07 Å². The number of nitrogens with one attached hydrogen (secondary N) is 1. The van der Waals surface area contributed by atoms with E-state index in [4.69, 9.17) is 16.3 Å². The Morgan fingerprint density at radius 3 is 2.67 bits per heavy atom. The van der Waals surface area contributed by atoms with Crippen LogP contribution in [-0.2, 0) is 6.42 Å². The molecule has 0 bridgehead atoms. The summed E-state index contributed by atoms with van der Waals surface area (Å²) in [6.07, 6.45) is 0.697. The van der Waals surface area contributed by atoms with Gasteiger partial charge in [-0.25, -0.2) is 4.39 Å². The lowest BCUT2D eigenvalue weighted by atomic mass is 9.99. The smallest absolute Gasteiger partial charge is 0.141 e. The lowest BCUT2D eigenvalue weighted by molar-refractivity contribution is 0.413. The molecule has 0 heterocycles. The van der Waals surface area contributed by atoms with Crippen LogP contribution in [0, 0.1) is 5.82 Å². The van der Waals surface area contributed by atoms with Crippen molar-refractivity contribution in [1.82, 2.24) is 5.32 Å². The largest absolute Gasteiger partial charge is 0.497 e. The molecule has 1 unspecified atom stereocenters. The third kappa shape index (κ3) is 3.96. The summed E-state index contributed by atoms with van der Waals surface area (Å²) in [5, 5.41) is 3.42. The van der Waals surface area contributed by atoms with E-state index in [1.54, 1.807) is 19.2 Å². The molecule has 0 aliphatic carbocycles. The van der Waals surface area contributed by atoms with E-state index in [9.17, 15) is 4.39 Å². The Hall–Kier alpha value is -1.10. The van der Waals surface area contributed by atoms with Crippen LogP contribution in [0.25, 0.3) is 0 Å². The van der Waals surface area contributed by atoms with Crippen molar-refractivity contribution in [2.45, 2.75) is 12.5 Å². The molecule has 0 aliphatic rings. The number of halogens is 3. The Kier molecular flexibility index (Phi) is 5.62. The van der Waals surface area contributed by atoms with E-state index in [1.807, 2.05) is 25.2 Å². The Balaban J connectivity index is 2.29. The van der Waals surface area contributed by atoms with Gasteiger partial charge in [0, 0.05) is 10.5 Å². The average Bonchev–Trinajstić information content (AvgIpc) is 2.49. The summed E-state index contributed by atoms with van der Waals surface area (Å²) in [6.45, 7) is 0. The van der Waals surface area contributed by atoms with Crippen molar-refractivity contribution in [2.75, 3.05) is 14.2 Å². The van der Waals surface area contributed by atoms with Crippen LogP contribution in [0.4, 0.5) is 4.39 Å². The fraction of sp³-hybridized carbons (Fsp3) is 0.250. The molecule has 2 aromatic rings. The number of hydrogen-bond donors (Lipinski definition) is 1. The molecule has 1 atom stereocenters. The van der Waals surface area contributed by atoms with E-state index >= 15 is 0 Å². The van der Waals surface area contributed by atoms with Gasteiger partial charge in [-0.05, 0) is 54.9 Å². The minimum atomic E-state index is -0.399. The van der Waals surface area contributed by atoms with Gasteiger partial charge in [-0.3, -0.25) is 0 Å². The summed E-state index contributed by atoms with van der Waals surface area (Å²) in [4.78, 5) is 0. The monoisotopic (exact) mass is 371 g/mol. The fourth-order valence-corrected chi connectivity index (χ4v) is 2.91.